The van der Waals surface area contributed by atoms with Crippen molar-refractivity contribution >= 4 is 7.92 Å². The summed E-state index contributed by atoms with van der Waals surface area (Å²) in [4.78, 5) is 0. The number of hydrogen-bond acceptors (Lipinski definition) is 0. The molecule has 0 aromatic carbocycles. The second-order valence-electron chi connectivity index (χ2n) is 4.94. The zero-order chi connectivity index (χ0) is 8.48. The van der Waals surface area contributed by atoms with Crippen molar-refractivity contribution in [2.24, 2.45) is 11.3 Å². The Morgan fingerprint density at radius 2 is 1.55 bits per heavy atom. The van der Waals surface area contributed by atoms with Crippen LogP contribution in [0.15, 0.2) is 0 Å². The minimum atomic E-state index is 0.435. The summed E-state index contributed by atoms with van der Waals surface area (Å²) in [6.45, 7) is 9.62. The van der Waals surface area contributed by atoms with Gasteiger partial charge in [0.2, 0.25) is 0 Å². The van der Waals surface area contributed by atoms with E-state index in [1.165, 1.54) is 25.2 Å². The third-order valence-electron chi connectivity index (χ3n) is 2.94. The van der Waals surface area contributed by atoms with E-state index in [1.807, 2.05) is 0 Å². The van der Waals surface area contributed by atoms with Crippen molar-refractivity contribution in [1.82, 2.24) is 0 Å². The lowest BCUT2D eigenvalue weighted by atomic mass is 9.77. The highest BCUT2D eigenvalue weighted by atomic mass is 31.1. The molecule has 0 unspecified atom stereocenters. The molecule has 0 spiro atoms. The molecule has 0 aliphatic carbocycles. The van der Waals surface area contributed by atoms with Gasteiger partial charge in [-0.2, -0.15) is 0 Å². The Bertz CT molecular complexity index is 115. The molecule has 1 heterocycles. The van der Waals surface area contributed by atoms with Gasteiger partial charge in [-0.05, 0) is 43.2 Å². The zero-order valence-corrected chi connectivity index (χ0v) is 9.25. The zero-order valence-electron chi connectivity index (χ0n) is 8.35. The molecule has 0 nitrogen and oxygen atoms in total. The van der Waals surface area contributed by atoms with Crippen LogP contribution in [-0.4, -0.2) is 19.0 Å². The molecule has 1 saturated heterocycles. The van der Waals surface area contributed by atoms with Crippen molar-refractivity contribution in [1.29, 1.82) is 0 Å². The number of rotatable bonds is 0. The van der Waals surface area contributed by atoms with Crippen LogP contribution in [0.3, 0.4) is 0 Å². The molecule has 1 aliphatic rings. The lowest BCUT2D eigenvalue weighted by Gasteiger charge is -2.36. The Morgan fingerprint density at radius 1 is 1.09 bits per heavy atom. The molecule has 1 rings (SSSR count). The smallest absolute Gasteiger partial charge is 0.0326 e. The quantitative estimate of drug-likeness (QED) is 0.490. The first-order valence-electron chi connectivity index (χ1n) is 4.68. The third-order valence-corrected chi connectivity index (χ3v) is 4.99. The summed E-state index contributed by atoms with van der Waals surface area (Å²) in [5.74, 6) is 1.00. The molecule has 0 bridgehead atoms. The van der Waals surface area contributed by atoms with Crippen LogP contribution in [0, 0.1) is 11.3 Å². The molecule has 11 heavy (non-hydrogen) atoms. The van der Waals surface area contributed by atoms with Crippen molar-refractivity contribution in [3.8, 4) is 0 Å². The molecular formula is C10H21P. The fraction of sp³-hybridized carbons (Fsp3) is 1.00. The standard InChI is InChI=1S/C10H21P/c1-10(2,3)9-5-7-11(4)8-6-9/h9H,5-8H2,1-4H3. The van der Waals surface area contributed by atoms with Gasteiger partial charge in [0.25, 0.3) is 0 Å². The Hall–Kier alpha value is 0.430. The van der Waals surface area contributed by atoms with E-state index < -0.39 is 0 Å². The molecular weight excluding hydrogens is 151 g/mol. The SMILES string of the molecule is CP1CCC(C(C)(C)C)CC1. The maximum absolute atomic E-state index is 2.45. The van der Waals surface area contributed by atoms with Crippen molar-refractivity contribution < 1.29 is 0 Å². The second kappa shape index (κ2) is 3.44. The predicted octanol–water partition coefficient (Wildman–Crippen LogP) is 3.55. The first kappa shape index (κ1) is 9.52. The molecule has 0 atom stereocenters. The highest BCUT2D eigenvalue weighted by Gasteiger charge is 2.27. The lowest BCUT2D eigenvalue weighted by Crippen LogP contribution is -2.25. The molecule has 1 heteroatoms. The predicted molar refractivity (Wildman–Crippen MR) is 54.8 cm³/mol. The van der Waals surface area contributed by atoms with Gasteiger partial charge >= 0.3 is 0 Å². The van der Waals surface area contributed by atoms with E-state index in [9.17, 15) is 0 Å². The Labute approximate surface area is 72.5 Å². The topological polar surface area (TPSA) is 0 Å². The van der Waals surface area contributed by atoms with Gasteiger partial charge in [-0.3, -0.25) is 0 Å². The maximum Gasteiger partial charge on any atom is -0.0326 e. The average Bonchev–Trinajstić information content (AvgIpc) is 1.86. The van der Waals surface area contributed by atoms with Crippen LogP contribution in [0.25, 0.3) is 0 Å². The third kappa shape index (κ3) is 2.75. The summed E-state index contributed by atoms with van der Waals surface area (Å²) in [6, 6.07) is 0. The first-order valence-corrected chi connectivity index (χ1v) is 6.84. The minimum Gasteiger partial charge on any atom is -0.110 e. The van der Waals surface area contributed by atoms with Gasteiger partial charge in [0, 0.05) is 0 Å². The normalized spacial score (nSPS) is 33.8. The van der Waals surface area contributed by atoms with Gasteiger partial charge in [0.1, 0.15) is 0 Å². The summed E-state index contributed by atoms with van der Waals surface area (Å²) < 4.78 is 0. The Balaban J connectivity index is 2.39. The minimum absolute atomic E-state index is 0.435. The van der Waals surface area contributed by atoms with E-state index in [0.717, 1.165) is 5.92 Å². The fourth-order valence-electron chi connectivity index (χ4n) is 1.87. The maximum atomic E-state index is 2.45. The van der Waals surface area contributed by atoms with Gasteiger partial charge < -0.3 is 0 Å². The number of hydrogen-bond donors (Lipinski definition) is 0. The van der Waals surface area contributed by atoms with Gasteiger partial charge in [0.05, 0.1) is 0 Å². The molecule has 0 aromatic heterocycles. The van der Waals surface area contributed by atoms with E-state index in [1.54, 1.807) is 0 Å². The van der Waals surface area contributed by atoms with Crippen LogP contribution in [0.5, 0.6) is 0 Å². The molecule has 0 saturated carbocycles. The van der Waals surface area contributed by atoms with E-state index in [4.69, 9.17) is 0 Å². The van der Waals surface area contributed by atoms with Crippen molar-refractivity contribution in [3.05, 3.63) is 0 Å². The highest BCUT2D eigenvalue weighted by Crippen LogP contribution is 2.45. The summed E-state index contributed by atoms with van der Waals surface area (Å²) in [6.07, 6.45) is 6.03. The van der Waals surface area contributed by atoms with Crippen LogP contribution < -0.4 is 0 Å². The molecule has 66 valence electrons. The molecule has 1 aliphatic heterocycles. The second-order valence-corrected chi connectivity index (χ2v) is 7.55. The van der Waals surface area contributed by atoms with Gasteiger partial charge in [-0.1, -0.05) is 20.8 Å². The molecule has 1 fully saturated rings. The van der Waals surface area contributed by atoms with Gasteiger partial charge in [-0.25, -0.2) is 0 Å². The average molecular weight is 172 g/mol. The Kier molecular flexibility index (Phi) is 2.97. The molecule has 0 N–H and O–H groups in total. The summed E-state index contributed by atoms with van der Waals surface area (Å²) in [5.41, 5.74) is 0.566. The van der Waals surface area contributed by atoms with Crippen molar-refractivity contribution in [3.63, 3.8) is 0 Å². The monoisotopic (exact) mass is 172 g/mol. The fourth-order valence-corrected chi connectivity index (χ4v) is 3.60. The van der Waals surface area contributed by atoms with E-state index in [-0.39, 0.29) is 0 Å². The molecule has 0 amide bonds. The summed E-state index contributed by atoms with van der Waals surface area (Å²) >= 11 is 0. The van der Waals surface area contributed by atoms with Crippen LogP contribution in [0.4, 0.5) is 0 Å². The first-order chi connectivity index (χ1) is 5.00. The lowest BCUT2D eigenvalue weighted by molar-refractivity contribution is 0.224. The van der Waals surface area contributed by atoms with Crippen LogP contribution >= 0.6 is 7.92 Å². The van der Waals surface area contributed by atoms with Crippen molar-refractivity contribution in [2.45, 2.75) is 33.6 Å². The summed E-state index contributed by atoms with van der Waals surface area (Å²) in [7, 11) is 0.435. The molecule has 0 aromatic rings. The van der Waals surface area contributed by atoms with Crippen LogP contribution in [0.1, 0.15) is 33.6 Å². The van der Waals surface area contributed by atoms with E-state index >= 15 is 0 Å². The van der Waals surface area contributed by atoms with Crippen LogP contribution in [-0.2, 0) is 0 Å². The van der Waals surface area contributed by atoms with E-state index in [0.29, 0.717) is 13.3 Å². The van der Waals surface area contributed by atoms with Gasteiger partial charge in [-0.15, -0.1) is 7.92 Å². The van der Waals surface area contributed by atoms with E-state index in [2.05, 4.69) is 27.4 Å². The highest BCUT2D eigenvalue weighted by molar-refractivity contribution is 7.56. The summed E-state index contributed by atoms with van der Waals surface area (Å²) in [5, 5.41) is 0. The molecule has 0 radical (unpaired) electrons. The largest absolute Gasteiger partial charge is 0.110 e. The van der Waals surface area contributed by atoms with Crippen LogP contribution in [0.2, 0.25) is 0 Å². The van der Waals surface area contributed by atoms with Gasteiger partial charge in [0.15, 0.2) is 0 Å². The van der Waals surface area contributed by atoms with Crippen molar-refractivity contribution in [2.75, 3.05) is 19.0 Å². The Morgan fingerprint density at radius 3 is 1.91 bits per heavy atom.